The number of benzene rings is 2. The van der Waals surface area contributed by atoms with Crippen LogP contribution in [0.3, 0.4) is 0 Å². The van der Waals surface area contributed by atoms with Gasteiger partial charge in [-0.25, -0.2) is 13.9 Å². The van der Waals surface area contributed by atoms with Crippen LogP contribution in [0.25, 0.3) is 11.3 Å². The first-order valence-electron chi connectivity index (χ1n) is 8.48. The minimum Gasteiger partial charge on any atom is -0.322 e. The lowest BCUT2D eigenvalue weighted by Gasteiger charge is -2.17. The molecule has 2 amide bonds. The third kappa shape index (κ3) is 3.42. The lowest BCUT2D eigenvalue weighted by Crippen LogP contribution is -2.33. The van der Waals surface area contributed by atoms with Crippen molar-refractivity contribution >= 4 is 11.7 Å². The fourth-order valence-corrected chi connectivity index (χ4v) is 3.07. The van der Waals surface area contributed by atoms with Gasteiger partial charge in [0.1, 0.15) is 11.5 Å². The highest BCUT2D eigenvalue weighted by Gasteiger charge is 2.28. The molecule has 1 aliphatic heterocycles. The molecule has 6 nitrogen and oxygen atoms in total. The van der Waals surface area contributed by atoms with Crippen LogP contribution >= 0.6 is 0 Å². The molecule has 0 radical (unpaired) electrons. The predicted octanol–water partition coefficient (Wildman–Crippen LogP) is 3.56. The van der Waals surface area contributed by atoms with Gasteiger partial charge in [-0.2, -0.15) is 0 Å². The number of likely N-dealkylation sites (tertiary alicyclic amines) is 1. The number of nitrogens with zero attached hydrogens (tertiary/aromatic N) is 4. The molecule has 0 aliphatic carbocycles. The fourth-order valence-electron chi connectivity index (χ4n) is 3.07. The van der Waals surface area contributed by atoms with Crippen molar-refractivity contribution in [2.75, 3.05) is 18.4 Å². The first-order valence-corrected chi connectivity index (χ1v) is 8.48. The second-order valence-electron chi connectivity index (χ2n) is 6.28. The van der Waals surface area contributed by atoms with E-state index in [0.29, 0.717) is 18.8 Å². The summed E-state index contributed by atoms with van der Waals surface area (Å²) in [5, 5.41) is 11.3. The van der Waals surface area contributed by atoms with Gasteiger partial charge in [-0.3, -0.25) is 0 Å². The normalized spacial score (nSPS) is 16.7. The Morgan fingerprint density at radius 1 is 1.12 bits per heavy atom. The molecule has 1 fully saturated rings. The Kier molecular flexibility index (Phi) is 4.35. The van der Waals surface area contributed by atoms with Gasteiger partial charge < -0.3 is 10.2 Å². The number of rotatable bonds is 3. The van der Waals surface area contributed by atoms with Gasteiger partial charge in [0.2, 0.25) is 0 Å². The molecule has 132 valence electrons. The monoisotopic (exact) mass is 351 g/mol. The zero-order valence-electron chi connectivity index (χ0n) is 14.0. The fraction of sp³-hybridized carbons (Fsp3) is 0.211. The summed E-state index contributed by atoms with van der Waals surface area (Å²) in [6.45, 7) is 1.20. The summed E-state index contributed by atoms with van der Waals surface area (Å²) in [5.74, 6) is -0.329. The highest BCUT2D eigenvalue weighted by molar-refractivity contribution is 5.89. The lowest BCUT2D eigenvalue weighted by molar-refractivity contribution is 0.220. The largest absolute Gasteiger partial charge is 0.322 e. The molecule has 26 heavy (non-hydrogen) atoms. The number of hydrogen-bond acceptors (Lipinski definition) is 3. The average molecular weight is 351 g/mol. The molecule has 1 aliphatic rings. The summed E-state index contributed by atoms with van der Waals surface area (Å²) in [4.78, 5) is 14.1. The topological polar surface area (TPSA) is 63.1 Å². The third-order valence-corrected chi connectivity index (χ3v) is 4.50. The van der Waals surface area contributed by atoms with Crippen LogP contribution in [0.15, 0.2) is 60.8 Å². The van der Waals surface area contributed by atoms with Gasteiger partial charge in [-0.05, 0) is 30.7 Å². The van der Waals surface area contributed by atoms with E-state index in [0.717, 1.165) is 17.7 Å². The van der Waals surface area contributed by atoms with Crippen LogP contribution in [-0.4, -0.2) is 39.0 Å². The van der Waals surface area contributed by atoms with Gasteiger partial charge in [-0.1, -0.05) is 35.5 Å². The molecule has 0 bridgehead atoms. The van der Waals surface area contributed by atoms with Crippen molar-refractivity contribution in [1.29, 1.82) is 0 Å². The van der Waals surface area contributed by atoms with E-state index in [2.05, 4.69) is 15.6 Å². The van der Waals surface area contributed by atoms with E-state index in [1.807, 2.05) is 41.2 Å². The second kappa shape index (κ2) is 6.95. The number of hydrogen-bond donors (Lipinski definition) is 1. The minimum absolute atomic E-state index is 0.0962. The molecular weight excluding hydrogens is 333 g/mol. The molecule has 1 unspecified atom stereocenters. The van der Waals surface area contributed by atoms with Crippen LogP contribution < -0.4 is 5.32 Å². The van der Waals surface area contributed by atoms with Crippen molar-refractivity contribution in [1.82, 2.24) is 19.9 Å². The predicted molar refractivity (Wildman–Crippen MR) is 96.1 cm³/mol. The maximum atomic E-state index is 12.9. The third-order valence-electron chi connectivity index (χ3n) is 4.50. The van der Waals surface area contributed by atoms with Gasteiger partial charge in [0.05, 0.1) is 12.2 Å². The molecule has 3 aromatic rings. The highest BCUT2D eigenvalue weighted by atomic mass is 19.1. The van der Waals surface area contributed by atoms with E-state index >= 15 is 0 Å². The molecule has 1 N–H and O–H groups in total. The average Bonchev–Trinajstić information content (AvgIpc) is 3.34. The Balaban J connectivity index is 1.40. The number of urea groups is 1. The smallest absolute Gasteiger partial charge is 0.321 e. The molecule has 7 heteroatoms. The van der Waals surface area contributed by atoms with Crippen LogP contribution in [0.4, 0.5) is 14.9 Å². The van der Waals surface area contributed by atoms with E-state index in [9.17, 15) is 9.18 Å². The molecule has 1 saturated heterocycles. The molecule has 1 aromatic heterocycles. The van der Waals surface area contributed by atoms with Crippen LogP contribution in [0, 0.1) is 5.82 Å². The van der Waals surface area contributed by atoms with Crippen molar-refractivity contribution < 1.29 is 9.18 Å². The summed E-state index contributed by atoms with van der Waals surface area (Å²) < 4.78 is 14.8. The van der Waals surface area contributed by atoms with Crippen molar-refractivity contribution in [3.63, 3.8) is 0 Å². The zero-order chi connectivity index (χ0) is 17.9. The van der Waals surface area contributed by atoms with Crippen LogP contribution in [0.5, 0.6) is 0 Å². The number of aromatic nitrogens is 3. The van der Waals surface area contributed by atoms with Crippen LogP contribution in [0.1, 0.15) is 12.5 Å². The molecule has 1 atom stereocenters. The molecule has 2 heterocycles. The van der Waals surface area contributed by atoms with Crippen molar-refractivity contribution in [3.05, 3.63) is 66.6 Å². The summed E-state index contributed by atoms with van der Waals surface area (Å²) in [6.07, 6.45) is 2.73. The van der Waals surface area contributed by atoms with Crippen molar-refractivity contribution in [2.45, 2.75) is 12.5 Å². The van der Waals surface area contributed by atoms with Gasteiger partial charge in [0, 0.05) is 24.3 Å². The van der Waals surface area contributed by atoms with E-state index in [1.165, 1.54) is 12.1 Å². The quantitative estimate of drug-likeness (QED) is 0.785. The molecular formula is C19H18FN5O. The molecule has 0 spiro atoms. The van der Waals surface area contributed by atoms with E-state index in [-0.39, 0.29) is 17.9 Å². The molecule has 2 aromatic carbocycles. The van der Waals surface area contributed by atoms with E-state index in [4.69, 9.17) is 0 Å². The van der Waals surface area contributed by atoms with Gasteiger partial charge >= 0.3 is 6.03 Å². The van der Waals surface area contributed by atoms with Gasteiger partial charge in [0.15, 0.2) is 0 Å². The number of anilines is 1. The SMILES string of the molecule is O=C(Nc1ccc(F)cc1)N1CCC(n2cc(-c3ccccc3)nn2)C1. The standard InChI is InChI=1S/C19H18FN5O/c20-15-6-8-16(9-7-15)21-19(26)24-11-10-17(12-24)25-13-18(22-23-25)14-4-2-1-3-5-14/h1-9,13,17H,10-12H2,(H,21,26). The van der Waals surface area contributed by atoms with E-state index in [1.54, 1.807) is 17.0 Å². The van der Waals surface area contributed by atoms with Crippen molar-refractivity contribution in [2.24, 2.45) is 0 Å². The maximum absolute atomic E-state index is 12.9. The first kappa shape index (κ1) is 16.3. The van der Waals surface area contributed by atoms with Gasteiger partial charge in [0.25, 0.3) is 0 Å². The molecule has 0 saturated carbocycles. The molecule has 4 rings (SSSR count). The Hall–Kier alpha value is -3.22. The number of carbonyl (C=O) groups is 1. The van der Waals surface area contributed by atoms with Crippen LogP contribution in [0.2, 0.25) is 0 Å². The van der Waals surface area contributed by atoms with Gasteiger partial charge in [-0.15, -0.1) is 5.10 Å². The summed E-state index contributed by atoms with van der Waals surface area (Å²) in [7, 11) is 0. The summed E-state index contributed by atoms with van der Waals surface area (Å²) >= 11 is 0. The first-order chi connectivity index (χ1) is 12.7. The summed E-state index contributed by atoms with van der Waals surface area (Å²) in [5.41, 5.74) is 2.41. The van der Waals surface area contributed by atoms with Crippen molar-refractivity contribution in [3.8, 4) is 11.3 Å². The Labute approximate surface area is 150 Å². The second-order valence-corrected chi connectivity index (χ2v) is 6.28. The number of nitrogens with one attached hydrogen (secondary N) is 1. The lowest BCUT2D eigenvalue weighted by atomic mass is 10.2. The zero-order valence-corrected chi connectivity index (χ0v) is 14.0. The number of halogens is 1. The maximum Gasteiger partial charge on any atom is 0.321 e. The highest BCUT2D eigenvalue weighted by Crippen LogP contribution is 2.24. The van der Waals surface area contributed by atoms with Crippen LogP contribution in [-0.2, 0) is 0 Å². The Bertz CT molecular complexity index is 894. The Morgan fingerprint density at radius 3 is 2.65 bits per heavy atom. The van der Waals surface area contributed by atoms with E-state index < -0.39 is 0 Å². The number of carbonyl (C=O) groups excluding carboxylic acids is 1. The minimum atomic E-state index is -0.329. The Morgan fingerprint density at radius 2 is 1.88 bits per heavy atom. The summed E-state index contributed by atoms with van der Waals surface area (Å²) in [6, 6.07) is 15.5. The number of amides is 2.